The van der Waals surface area contributed by atoms with Crippen LogP contribution in [0.3, 0.4) is 0 Å². The van der Waals surface area contributed by atoms with Crippen LogP contribution in [0, 0.1) is 29.1 Å². The van der Waals surface area contributed by atoms with Crippen LogP contribution in [0.25, 0.3) is 0 Å². The van der Waals surface area contributed by atoms with Gasteiger partial charge in [0.25, 0.3) is 0 Å². The predicted molar refractivity (Wildman–Crippen MR) is 122 cm³/mol. The molecule has 1 aromatic rings. The van der Waals surface area contributed by atoms with Crippen LogP contribution in [-0.2, 0) is 33.2 Å². The first-order chi connectivity index (χ1) is 18.4. The minimum atomic E-state index is -2.34. The Bertz CT molecular complexity index is 800. The Kier molecular flexibility index (Phi) is 16.3. The van der Waals surface area contributed by atoms with E-state index in [4.69, 9.17) is 28.4 Å². The summed E-state index contributed by atoms with van der Waals surface area (Å²) in [5, 5.41) is 3.29. The number of hydrogen-bond donors (Lipinski definition) is 1. The van der Waals surface area contributed by atoms with Gasteiger partial charge in [-0.3, -0.25) is 4.79 Å². The third kappa shape index (κ3) is 12.3. The van der Waals surface area contributed by atoms with E-state index in [2.05, 4.69) is 10.1 Å². The lowest BCUT2D eigenvalue weighted by atomic mass is 10.1. The van der Waals surface area contributed by atoms with Gasteiger partial charge in [-0.1, -0.05) is 0 Å². The highest BCUT2D eigenvalue weighted by Crippen LogP contribution is 2.29. The second kappa shape index (κ2) is 19.2. The van der Waals surface area contributed by atoms with Gasteiger partial charge in [0.2, 0.25) is 34.8 Å². The Morgan fingerprint density at radius 1 is 0.605 bits per heavy atom. The molecule has 1 fully saturated rings. The molecule has 1 aliphatic rings. The smallest absolute Gasteiger partial charge is 0.313 e. The zero-order valence-corrected chi connectivity index (χ0v) is 21.0. The van der Waals surface area contributed by atoms with Crippen molar-refractivity contribution >= 4 is 5.97 Å². The van der Waals surface area contributed by atoms with Crippen molar-refractivity contribution in [2.24, 2.45) is 0 Å². The molecule has 1 heterocycles. The van der Waals surface area contributed by atoms with Crippen LogP contribution < -0.4 is 10.1 Å². The summed E-state index contributed by atoms with van der Waals surface area (Å²) >= 11 is 0. The van der Waals surface area contributed by atoms with Crippen molar-refractivity contribution in [1.29, 1.82) is 0 Å². The van der Waals surface area contributed by atoms with Crippen LogP contribution in [0.5, 0.6) is 5.75 Å². The van der Waals surface area contributed by atoms with Crippen molar-refractivity contribution in [3.05, 3.63) is 29.1 Å². The number of carbonyl (C=O) groups is 1. The fourth-order valence-electron chi connectivity index (χ4n) is 3.21. The molecule has 218 valence electrons. The normalized spacial score (nSPS) is 14.2. The Hall–Kier alpha value is -1.94. The molecule has 38 heavy (non-hydrogen) atoms. The van der Waals surface area contributed by atoms with Gasteiger partial charge in [-0.2, -0.15) is 8.78 Å². The van der Waals surface area contributed by atoms with Gasteiger partial charge in [-0.25, -0.2) is 13.2 Å². The van der Waals surface area contributed by atoms with Crippen molar-refractivity contribution in [2.75, 3.05) is 85.8 Å². The lowest BCUT2D eigenvalue weighted by Crippen LogP contribution is -2.33. The Morgan fingerprint density at radius 3 is 1.47 bits per heavy atom. The minimum absolute atomic E-state index is 0.0990. The van der Waals surface area contributed by atoms with Gasteiger partial charge in [0.05, 0.1) is 85.2 Å². The Balaban J connectivity index is 1.33. The molecule has 0 unspecified atom stereocenters. The number of esters is 1. The number of nitrogens with one attached hydrogen (secondary N) is 1. The molecule has 0 amide bonds. The highest BCUT2D eigenvalue weighted by molar-refractivity contribution is 5.72. The first-order valence-electron chi connectivity index (χ1n) is 12.3. The van der Waals surface area contributed by atoms with Crippen molar-refractivity contribution in [2.45, 2.75) is 25.4 Å². The number of piperidine rings is 1. The zero-order valence-electron chi connectivity index (χ0n) is 21.0. The number of halogens is 5. The summed E-state index contributed by atoms with van der Waals surface area (Å²) in [5.41, 5.74) is 0. The third-order valence-corrected chi connectivity index (χ3v) is 5.19. The average molecular weight is 560 g/mol. The van der Waals surface area contributed by atoms with Crippen LogP contribution in [0.4, 0.5) is 22.0 Å². The van der Waals surface area contributed by atoms with Crippen LogP contribution in [0.1, 0.15) is 19.3 Å². The maximum Gasteiger partial charge on any atom is 0.313 e. The number of rotatable bonds is 20. The summed E-state index contributed by atoms with van der Waals surface area (Å²) in [6.45, 7) is 5.56. The molecular formula is C24H34F5NO8. The molecule has 14 heteroatoms. The summed E-state index contributed by atoms with van der Waals surface area (Å²) in [6, 6.07) is 0. The molecule has 2 rings (SSSR count). The Morgan fingerprint density at radius 2 is 1.00 bits per heavy atom. The molecule has 0 atom stereocenters. The number of carbonyl (C=O) groups excluding carboxylic acids is 1. The van der Waals surface area contributed by atoms with E-state index in [-0.39, 0.29) is 19.8 Å². The summed E-state index contributed by atoms with van der Waals surface area (Å²) < 4.78 is 103. The number of benzene rings is 1. The van der Waals surface area contributed by atoms with Gasteiger partial charge in [0.1, 0.15) is 0 Å². The zero-order chi connectivity index (χ0) is 27.6. The van der Waals surface area contributed by atoms with E-state index >= 15 is 0 Å². The Labute approximate surface area is 217 Å². The third-order valence-electron chi connectivity index (χ3n) is 5.19. The molecule has 0 aliphatic carbocycles. The highest BCUT2D eigenvalue weighted by atomic mass is 19.2. The predicted octanol–water partition coefficient (Wildman–Crippen LogP) is 2.53. The van der Waals surface area contributed by atoms with Crippen LogP contribution >= 0.6 is 0 Å². The molecule has 0 spiro atoms. The number of ether oxygens (including phenoxy) is 7. The lowest BCUT2D eigenvalue weighted by Gasteiger charge is -2.22. The van der Waals surface area contributed by atoms with Crippen molar-refractivity contribution in [1.82, 2.24) is 5.32 Å². The summed E-state index contributed by atoms with van der Waals surface area (Å²) in [5.74, 6) is -14.1. The van der Waals surface area contributed by atoms with Crippen LogP contribution in [0.2, 0.25) is 0 Å². The van der Waals surface area contributed by atoms with E-state index in [1.807, 2.05) is 0 Å². The van der Waals surface area contributed by atoms with E-state index in [9.17, 15) is 26.7 Å². The molecule has 0 saturated carbocycles. The molecule has 1 aliphatic heterocycles. The summed E-state index contributed by atoms with van der Waals surface area (Å²) in [4.78, 5) is 11.6. The largest absolute Gasteiger partial charge is 0.420 e. The fraction of sp³-hybridized carbons (Fsp3) is 0.708. The second-order valence-electron chi connectivity index (χ2n) is 8.01. The van der Waals surface area contributed by atoms with E-state index in [0.717, 1.165) is 25.9 Å². The van der Waals surface area contributed by atoms with Gasteiger partial charge in [-0.05, 0) is 25.9 Å². The van der Waals surface area contributed by atoms with E-state index in [1.54, 1.807) is 0 Å². The fourth-order valence-corrected chi connectivity index (χ4v) is 3.21. The van der Waals surface area contributed by atoms with Gasteiger partial charge in [-0.15, -0.1) is 0 Å². The lowest BCUT2D eigenvalue weighted by molar-refractivity contribution is -0.136. The van der Waals surface area contributed by atoms with E-state index in [0.29, 0.717) is 59.0 Å². The first kappa shape index (κ1) is 32.3. The van der Waals surface area contributed by atoms with Crippen LogP contribution in [-0.4, -0.2) is 97.8 Å². The number of hydrogen-bond acceptors (Lipinski definition) is 9. The molecule has 1 aromatic carbocycles. The highest BCUT2D eigenvalue weighted by Gasteiger charge is 2.28. The maximum absolute atomic E-state index is 13.5. The molecular weight excluding hydrogens is 525 g/mol. The quantitative estimate of drug-likeness (QED) is 0.0646. The topological polar surface area (TPSA) is 93.7 Å². The summed E-state index contributed by atoms with van der Waals surface area (Å²) in [7, 11) is 0. The van der Waals surface area contributed by atoms with E-state index < -0.39 is 47.2 Å². The first-order valence-corrected chi connectivity index (χ1v) is 12.3. The molecule has 9 nitrogen and oxygen atoms in total. The molecule has 0 bridgehead atoms. The van der Waals surface area contributed by atoms with Crippen molar-refractivity contribution < 1.29 is 59.9 Å². The average Bonchev–Trinajstić information content (AvgIpc) is 2.93. The summed E-state index contributed by atoms with van der Waals surface area (Å²) in [6.07, 6.45) is 1.91. The van der Waals surface area contributed by atoms with Crippen LogP contribution in [0.15, 0.2) is 0 Å². The van der Waals surface area contributed by atoms with Crippen molar-refractivity contribution in [3.8, 4) is 5.75 Å². The van der Waals surface area contributed by atoms with Gasteiger partial charge >= 0.3 is 5.97 Å². The van der Waals surface area contributed by atoms with Gasteiger partial charge < -0.3 is 38.5 Å². The molecule has 1 saturated heterocycles. The minimum Gasteiger partial charge on any atom is -0.420 e. The SMILES string of the molecule is O=C(CCOCCOCCOCCOCCOCCOC1CCNCC1)Oc1c(F)c(F)c(F)c(F)c1F. The van der Waals surface area contributed by atoms with Gasteiger partial charge in [0, 0.05) is 0 Å². The monoisotopic (exact) mass is 559 g/mol. The van der Waals surface area contributed by atoms with E-state index in [1.165, 1.54) is 0 Å². The molecule has 0 aromatic heterocycles. The molecule has 0 radical (unpaired) electrons. The standard InChI is InChI=1S/C24H34F5NO8/c25-19-20(26)22(28)24(23(29)21(19)27)38-18(31)3-6-32-7-8-33-9-10-34-11-12-35-13-14-36-15-16-37-17-1-4-30-5-2-17/h17,30H,1-16H2. The molecule has 1 N–H and O–H groups in total. The van der Waals surface area contributed by atoms with Crippen molar-refractivity contribution in [3.63, 3.8) is 0 Å². The maximum atomic E-state index is 13.5. The second-order valence-corrected chi connectivity index (χ2v) is 8.01. The van der Waals surface area contributed by atoms with Gasteiger partial charge in [0.15, 0.2) is 0 Å².